The molecule has 3 amide bonds. The van der Waals surface area contributed by atoms with Gasteiger partial charge in [0.15, 0.2) is 0 Å². The molecule has 2 aliphatic rings. The van der Waals surface area contributed by atoms with Gasteiger partial charge < -0.3 is 5.32 Å². The van der Waals surface area contributed by atoms with E-state index in [1.165, 1.54) is 15.4 Å². The van der Waals surface area contributed by atoms with Crippen LogP contribution in [0, 0.1) is 6.92 Å². The third-order valence-corrected chi connectivity index (χ3v) is 5.85. The lowest BCUT2D eigenvalue weighted by molar-refractivity contribution is -0.132. The zero-order valence-electron chi connectivity index (χ0n) is 16.0. The Morgan fingerprint density at radius 1 is 1.14 bits per heavy atom. The lowest BCUT2D eigenvalue weighted by atomic mass is 9.76. The number of rotatable bonds is 2. The molecule has 5 rings (SSSR count). The molecule has 1 aromatic carbocycles. The molecule has 146 valence electrons. The van der Waals surface area contributed by atoms with Crippen molar-refractivity contribution in [3.8, 4) is 0 Å². The number of urea groups is 1. The van der Waals surface area contributed by atoms with E-state index < -0.39 is 11.6 Å². The number of aryl methyl sites for hydroxylation is 2. The molecule has 1 aliphatic heterocycles. The van der Waals surface area contributed by atoms with E-state index in [4.69, 9.17) is 0 Å². The van der Waals surface area contributed by atoms with Crippen LogP contribution in [0.15, 0.2) is 53.5 Å². The molecule has 0 radical (unpaired) electrons. The standard InChI is InChI=1S/C22H20N4O3/c1-14-8-10-25-18(11-14)23-16(12-19(25)27)13-26-20(28)22(24-21(26)29)9-4-6-15-5-2-3-7-17(15)22/h2-3,5,7-8,10-12H,4,6,9,13H2,1H3,(H,24,29)/t22-/m1/s1. The molecular formula is C22H20N4O3. The van der Waals surface area contributed by atoms with Gasteiger partial charge in [0, 0.05) is 12.3 Å². The number of carbonyl (C=O) groups is 2. The summed E-state index contributed by atoms with van der Waals surface area (Å²) in [6, 6.07) is 12.3. The first kappa shape index (κ1) is 17.6. The van der Waals surface area contributed by atoms with E-state index in [0.717, 1.165) is 29.5 Å². The van der Waals surface area contributed by atoms with E-state index in [9.17, 15) is 14.4 Å². The van der Waals surface area contributed by atoms with Crippen molar-refractivity contribution in [3.63, 3.8) is 0 Å². The van der Waals surface area contributed by atoms with Crippen LogP contribution in [0.2, 0.25) is 0 Å². The zero-order valence-corrected chi connectivity index (χ0v) is 16.0. The van der Waals surface area contributed by atoms with Crippen LogP contribution in [0.1, 0.15) is 35.2 Å². The van der Waals surface area contributed by atoms with E-state index in [1.54, 1.807) is 12.3 Å². The molecule has 0 unspecified atom stereocenters. The second kappa shape index (κ2) is 6.27. The molecule has 7 nitrogen and oxygen atoms in total. The van der Waals surface area contributed by atoms with Crippen LogP contribution in [0.5, 0.6) is 0 Å². The van der Waals surface area contributed by atoms with Crippen LogP contribution < -0.4 is 10.9 Å². The number of pyridine rings is 1. The number of benzene rings is 1. The van der Waals surface area contributed by atoms with Crippen LogP contribution >= 0.6 is 0 Å². The Kier molecular flexibility index (Phi) is 3.81. The van der Waals surface area contributed by atoms with Crippen molar-refractivity contribution < 1.29 is 9.59 Å². The number of hydrogen-bond acceptors (Lipinski definition) is 4. The summed E-state index contributed by atoms with van der Waals surface area (Å²) in [6.07, 6.45) is 3.96. The minimum Gasteiger partial charge on any atom is -0.319 e. The molecule has 3 aromatic rings. The molecule has 7 heteroatoms. The van der Waals surface area contributed by atoms with Crippen molar-refractivity contribution >= 4 is 17.6 Å². The maximum absolute atomic E-state index is 13.4. The lowest BCUT2D eigenvalue weighted by Crippen LogP contribution is -2.46. The van der Waals surface area contributed by atoms with E-state index in [0.29, 0.717) is 17.8 Å². The summed E-state index contributed by atoms with van der Waals surface area (Å²) < 4.78 is 1.45. The molecule has 1 atom stereocenters. The van der Waals surface area contributed by atoms with E-state index in [-0.39, 0.29) is 18.0 Å². The molecule has 1 N–H and O–H groups in total. The molecule has 1 fully saturated rings. The van der Waals surface area contributed by atoms with Crippen LogP contribution in [0.25, 0.3) is 5.65 Å². The van der Waals surface area contributed by atoms with Crippen molar-refractivity contribution in [1.82, 2.24) is 19.6 Å². The van der Waals surface area contributed by atoms with Gasteiger partial charge in [0.2, 0.25) is 0 Å². The summed E-state index contributed by atoms with van der Waals surface area (Å²) in [4.78, 5) is 44.3. The normalized spacial score (nSPS) is 20.9. The summed E-state index contributed by atoms with van der Waals surface area (Å²) in [6.45, 7) is 1.88. The minimum atomic E-state index is -1.02. The smallest absolute Gasteiger partial charge is 0.319 e. The molecule has 3 heterocycles. The number of imide groups is 1. The van der Waals surface area contributed by atoms with E-state index in [1.807, 2.05) is 37.3 Å². The Balaban J connectivity index is 1.53. The van der Waals surface area contributed by atoms with Crippen LogP contribution in [0.3, 0.4) is 0 Å². The number of nitrogens with one attached hydrogen (secondary N) is 1. The Bertz CT molecular complexity index is 1230. The Morgan fingerprint density at radius 2 is 1.97 bits per heavy atom. The number of fused-ring (bicyclic) bond motifs is 3. The molecule has 1 aliphatic carbocycles. The Labute approximate surface area is 167 Å². The van der Waals surface area contributed by atoms with Gasteiger partial charge in [-0.2, -0.15) is 0 Å². The van der Waals surface area contributed by atoms with Crippen molar-refractivity contribution in [2.45, 2.75) is 38.3 Å². The molecular weight excluding hydrogens is 368 g/mol. The highest BCUT2D eigenvalue weighted by atomic mass is 16.2. The summed E-state index contributed by atoms with van der Waals surface area (Å²) in [7, 11) is 0. The Morgan fingerprint density at radius 3 is 2.83 bits per heavy atom. The van der Waals surface area contributed by atoms with Gasteiger partial charge in [0.25, 0.3) is 11.5 Å². The third-order valence-electron chi connectivity index (χ3n) is 5.85. The number of hydrogen-bond donors (Lipinski definition) is 1. The average Bonchev–Trinajstić information content (AvgIpc) is 2.93. The number of nitrogens with zero attached hydrogens (tertiary/aromatic N) is 3. The van der Waals surface area contributed by atoms with Crippen LogP contribution in [-0.2, 0) is 23.3 Å². The van der Waals surface area contributed by atoms with Gasteiger partial charge in [-0.3, -0.25) is 18.9 Å². The SMILES string of the molecule is Cc1ccn2c(=O)cc(CN3C(=O)N[C@@]4(CCCc5ccccc54)C3=O)nc2c1. The highest BCUT2D eigenvalue weighted by molar-refractivity contribution is 6.07. The summed E-state index contributed by atoms with van der Waals surface area (Å²) >= 11 is 0. The van der Waals surface area contributed by atoms with Crippen LogP contribution in [-0.4, -0.2) is 26.2 Å². The van der Waals surface area contributed by atoms with Gasteiger partial charge in [-0.1, -0.05) is 24.3 Å². The second-order valence-corrected chi connectivity index (χ2v) is 7.76. The summed E-state index contributed by atoms with van der Waals surface area (Å²) in [5.74, 6) is -0.277. The largest absolute Gasteiger partial charge is 0.325 e. The van der Waals surface area contributed by atoms with Gasteiger partial charge in [0.1, 0.15) is 11.2 Å². The topological polar surface area (TPSA) is 83.8 Å². The molecule has 1 spiro atoms. The fourth-order valence-electron chi connectivity index (χ4n) is 4.45. The van der Waals surface area contributed by atoms with Gasteiger partial charge in [-0.15, -0.1) is 0 Å². The van der Waals surface area contributed by atoms with Gasteiger partial charge in [-0.05, 0) is 55.0 Å². The first-order chi connectivity index (χ1) is 14.0. The Hall–Kier alpha value is -3.48. The highest BCUT2D eigenvalue weighted by Crippen LogP contribution is 2.40. The highest BCUT2D eigenvalue weighted by Gasteiger charge is 2.53. The molecule has 1 saturated heterocycles. The van der Waals surface area contributed by atoms with Crippen molar-refractivity contribution in [2.24, 2.45) is 0 Å². The fourth-order valence-corrected chi connectivity index (χ4v) is 4.45. The monoisotopic (exact) mass is 388 g/mol. The van der Waals surface area contributed by atoms with Crippen molar-refractivity contribution in [3.05, 3.63) is 81.4 Å². The summed E-state index contributed by atoms with van der Waals surface area (Å²) in [5, 5.41) is 2.93. The first-order valence-corrected chi connectivity index (χ1v) is 9.69. The van der Waals surface area contributed by atoms with Crippen molar-refractivity contribution in [2.75, 3.05) is 0 Å². The van der Waals surface area contributed by atoms with E-state index >= 15 is 0 Å². The number of amides is 3. The predicted molar refractivity (Wildman–Crippen MR) is 106 cm³/mol. The zero-order chi connectivity index (χ0) is 20.2. The predicted octanol–water partition coefficient (Wildman–Crippen LogP) is 2.29. The maximum Gasteiger partial charge on any atom is 0.325 e. The molecule has 0 bridgehead atoms. The molecule has 2 aromatic heterocycles. The minimum absolute atomic E-state index is 0.0335. The lowest BCUT2D eigenvalue weighted by Gasteiger charge is -2.33. The van der Waals surface area contributed by atoms with Crippen molar-refractivity contribution in [1.29, 1.82) is 0 Å². The molecule has 0 saturated carbocycles. The maximum atomic E-state index is 13.4. The van der Waals surface area contributed by atoms with Crippen LogP contribution in [0.4, 0.5) is 4.79 Å². The number of aromatic nitrogens is 2. The second-order valence-electron chi connectivity index (χ2n) is 7.76. The summed E-state index contributed by atoms with van der Waals surface area (Å²) in [5.41, 5.74) is 2.56. The van der Waals surface area contributed by atoms with Gasteiger partial charge >= 0.3 is 6.03 Å². The fraction of sp³-hybridized carbons (Fsp3) is 0.273. The average molecular weight is 388 g/mol. The molecule has 29 heavy (non-hydrogen) atoms. The van der Waals surface area contributed by atoms with Gasteiger partial charge in [-0.25, -0.2) is 9.78 Å². The quantitative estimate of drug-likeness (QED) is 0.683. The van der Waals surface area contributed by atoms with Gasteiger partial charge in [0.05, 0.1) is 12.2 Å². The van der Waals surface area contributed by atoms with E-state index in [2.05, 4.69) is 10.3 Å². The third kappa shape index (κ3) is 2.65. The number of carbonyl (C=O) groups excluding carboxylic acids is 2. The first-order valence-electron chi connectivity index (χ1n) is 9.69.